The fourth-order valence-corrected chi connectivity index (χ4v) is 3.14. The van der Waals surface area contributed by atoms with Crippen LogP contribution in [0.2, 0.25) is 10.0 Å². The molecule has 8 heteroatoms. The normalized spacial score (nSPS) is 13.0. The summed E-state index contributed by atoms with van der Waals surface area (Å²) >= 11 is 12.1. The van der Waals surface area contributed by atoms with Crippen LogP contribution >= 0.6 is 35.6 Å². The van der Waals surface area contributed by atoms with Crippen LogP contribution in [0.1, 0.15) is 17.9 Å². The van der Waals surface area contributed by atoms with Crippen molar-refractivity contribution in [3.05, 3.63) is 52.0 Å². The van der Waals surface area contributed by atoms with Gasteiger partial charge < -0.3 is 15.8 Å². The lowest BCUT2D eigenvalue weighted by atomic mass is 10.1. The van der Waals surface area contributed by atoms with Crippen molar-refractivity contribution in [2.45, 2.75) is 13.3 Å². The van der Waals surface area contributed by atoms with Crippen LogP contribution in [0.25, 0.3) is 27.9 Å². The monoisotopic (exact) mass is 398 g/mol. The van der Waals surface area contributed by atoms with E-state index in [9.17, 15) is 0 Å². The van der Waals surface area contributed by atoms with Crippen molar-refractivity contribution in [1.82, 2.24) is 20.3 Å². The molecule has 0 amide bonds. The summed E-state index contributed by atoms with van der Waals surface area (Å²) in [5.41, 5.74) is 5.94. The van der Waals surface area contributed by atoms with Crippen molar-refractivity contribution in [1.29, 1.82) is 0 Å². The van der Waals surface area contributed by atoms with Crippen molar-refractivity contribution in [2.24, 2.45) is 0 Å². The lowest BCUT2D eigenvalue weighted by molar-refractivity contribution is 0.824. The molecule has 0 aliphatic carbocycles. The molecule has 0 saturated carbocycles. The molecular formula is C17H17Cl3N4O. The second kappa shape index (κ2) is 7.62. The molecule has 0 bridgehead atoms. The van der Waals surface area contributed by atoms with Gasteiger partial charge in [0, 0.05) is 18.4 Å². The van der Waals surface area contributed by atoms with Crippen LogP contribution in [0.4, 0.5) is 0 Å². The van der Waals surface area contributed by atoms with Crippen LogP contribution in [-0.2, 0) is 0 Å². The third-order valence-corrected chi connectivity index (χ3v) is 4.68. The van der Waals surface area contributed by atoms with Gasteiger partial charge in [-0.05, 0) is 42.7 Å². The predicted octanol–water partition coefficient (Wildman–Crippen LogP) is 4.17. The number of rotatable bonds is 2. The number of aryl methyl sites for hydroxylation is 1. The molecule has 0 spiro atoms. The van der Waals surface area contributed by atoms with Crippen LogP contribution in [0.3, 0.4) is 0 Å². The molecule has 0 radical (unpaired) electrons. The van der Waals surface area contributed by atoms with Crippen molar-refractivity contribution in [3.63, 3.8) is 0 Å². The predicted molar refractivity (Wildman–Crippen MR) is 106 cm³/mol. The molecule has 25 heavy (non-hydrogen) atoms. The smallest absolute Gasteiger partial charge is 0.126 e. The highest BCUT2D eigenvalue weighted by atomic mass is 35.5. The summed E-state index contributed by atoms with van der Waals surface area (Å²) in [6, 6.07) is 7.61. The Kier molecular flexibility index (Phi) is 5.95. The molecule has 0 atom stereocenters. The van der Waals surface area contributed by atoms with Crippen molar-refractivity contribution < 1.29 is 5.48 Å². The number of aromatic nitrogens is 3. The van der Waals surface area contributed by atoms with E-state index < -0.39 is 0 Å². The Morgan fingerprint density at radius 3 is 2.56 bits per heavy atom. The standard InChI is InChI=1S/C17H14Cl2N4.ClH.H2O/c1-9-21-15-7-14(10-2-3-12(18)13(19)6-10)23-17(15)16(22-9)11-4-5-20-8-11;;/h2-3,6-8,20,23H,4-5H2,1H3;1H;1H2. The minimum Gasteiger partial charge on any atom is -0.412 e. The number of H-pyrrole nitrogens is 1. The Bertz CT molecular complexity index is 952. The third-order valence-electron chi connectivity index (χ3n) is 3.94. The summed E-state index contributed by atoms with van der Waals surface area (Å²) in [6.07, 6.45) is 2.99. The SMILES string of the molecule is Cc1nc(C2=CNCC2)c2[nH]c(-c3ccc(Cl)c(Cl)c3)cc2n1.Cl.O. The summed E-state index contributed by atoms with van der Waals surface area (Å²) in [5, 5.41) is 4.32. The number of benzene rings is 1. The molecule has 3 heterocycles. The molecule has 5 nitrogen and oxygen atoms in total. The summed E-state index contributed by atoms with van der Waals surface area (Å²) in [6.45, 7) is 2.86. The molecule has 0 unspecified atom stereocenters. The highest BCUT2D eigenvalue weighted by molar-refractivity contribution is 6.42. The summed E-state index contributed by atoms with van der Waals surface area (Å²) in [7, 11) is 0. The quantitative estimate of drug-likeness (QED) is 0.678. The molecule has 4 N–H and O–H groups in total. The molecule has 3 aromatic rings. The second-order valence-electron chi connectivity index (χ2n) is 5.57. The van der Waals surface area contributed by atoms with Crippen molar-refractivity contribution in [2.75, 3.05) is 6.54 Å². The first-order valence-corrected chi connectivity index (χ1v) is 8.13. The number of nitrogens with zero attached hydrogens (tertiary/aromatic N) is 2. The van der Waals surface area contributed by atoms with Gasteiger partial charge in [-0.25, -0.2) is 9.97 Å². The maximum absolute atomic E-state index is 6.13. The van der Waals surface area contributed by atoms with Crippen LogP contribution in [0.5, 0.6) is 0 Å². The van der Waals surface area contributed by atoms with Gasteiger partial charge in [-0.1, -0.05) is 29.3 Å². The molecule has 0 saturated heterocycles. The van der Waals surface area contributed by atoms with Gasteiger partial charge in [0.2, 0.25) is 0 Å². The Balaban J connectivity index is 0.00000113. The maximum Gasteiger partial charge on any atom is 0.126 e. The first-order valence-electron chi connectivity index (χ1n) is 7.37. The van der Waals surface area contributed by atoms with E-state index in [1.54, 1.807) is 6.07 Å². The minimum absolute atomic E-state index is 0. The van der Waals surface area contributed by atoms with E-state index in [1.165, 1.54) is 5.57 Å². The maximum atomic E-state index is 6.13. The molecule has 4 rings (SSSR count). The molecule has 2 aromatic heterocycles. The average molecular weight is 400 g/mol. The van der Waals surface area contributed by atoms with Crippen LogP contribution < -0.4 is 5.32 Å². The Hall–Kier alpha value is -1.79. The lowest BCUT2D eigenvalue weighted by Crippen LogP contribution is -1.97. The topological polar surface area (TPSA) is 85.1 Å². The number of hydrogen-bond acceptors (Lipinski definition) is 3. The number of hydrogen-bond donors (Lipinski definition) is 2. The molecule has 0 fully saturated rings. The van der Waals surface area contributed by atoms with Gasteiger partial charge in [0.25, 0.3) is 0 Å². The Morgan fingerprint density at radius 2 is 1.88 bits per heavy atom. The van der Waals surface area contributed by atoms with Crippen molar-refractivity contribution >= 4 is 52.2 Å². The van der Waals surface area contributed by atoms with Gasteiger partial charge in [-0.2, -0.15) is 0 Å². The van der Waals surface area contributed by atoms with Gasteiger partial charge in [0.05, 0.1) is 26.8 Å². The molecule has 1 aliphatic rings. The number of nitrogens with one attached hydrogen (secondary N) is 2. The molecule has 1 aliphatic heterocycles. The van der Waals surface area contributed by atoms with Gasteiger partial charge in [0.15, 0.2) is 0 Å². The van der Waals surface area contributed by atoms with Crippen LogP contribution in [-0.4, -0.2) is 27.0 Å². The van der Waals surface area contributed by atoms with Crippen LogP contribution in [0.15, 0.2) is 30.5 Å². The zero-order valence-corrected chi connectivity index (χ0v) is 15.7. The van der Waals surface area contributed by atoms with Gasteiger partial charge in [0.1, 0.15) is 5.82 Å². The highest BCUT2D eigenvalue weighted by Crippen LogP contribution is 2.32. The average Bonchev–Trinajstić information content (AvgIpc) is 3.18. The van der Waals surface area contributed by atoms with E-state index in [4.69, 9.17) is 23.2 Å². The molecule has 132 valence electrons. The number of halogens is 3. The third kappa shape index (κ3) is 3.60. The zero-order valence-electron chi connectivity index (χ0n) is 13.4. The van der Waals surface area contributed by atoms with Crippen LogP contribution in [0, 0.1) is 6.92 Å². The highest BCUT2D eigenvalue weighted by Gasteiger charge is 2.16. The molecular weight excluding hydrogens is 383 g/mol. The molecule has 1 aromatic carbocycles. The van der Waals surface area contributed by atoms with Gasteiger partial charge in [-0.15, -0.1) is 12.4 Å². The van der Waals surface area contributed by atoms with E-state index in [1.807, 2.05) is 31.3 Å². The number of aromatic amines is 1. The summed E-state index contributed by atoms with van der Waals surface area (Å²) in [5.74, 6) is 0.764. The fourth-order valence-electron chi connectivity index (χ4n) is 2.84. The first-order chi connectivity index (χ1) is 11.1. The largest absolute Gasteiger partial charge is 0.412 e. The van der Waals surface area contributed by atoms with E-state index in [-0.39, 0.29) is 17.9 Å². The van der Waals surface area contributed by atoms with E-state index >= 15 is 0 Å². The first kappa shape index (κ1) is 19.5. The Labute approximate surface area is 161 Å². The van der Waals surface area contributed by atoms with Crippen molar-refractivity contribution in [3.8, 4) is 11.3 Å². The van der Waals surface area contributed by atoms with Gasteiger partial charge >= 0.3 is 0 Å². The minimum atomic E-state index is 0. The lowest BCUT2D eigenvalue weighted by Gasteiger charge is -2.04. The Morgan fingerprint density at radius 1 is 1.08 bits per heavy atom. The second-order valence-corrected chi connectivity index (χ2v) is 6.38. The summed E-state index contributed by atoms with van der Waals surface area (Å²) < 4.78 is 0. The van der Waals surface area contributed by atoms with E-state index in [0.29, 0.717) is 10.0 Å². The number of fused-ring (bicyclic) bond motifs is 1. The van der Waals surface area contributed by atoms with E-state index in [0.717, 1.165) is 46.8 Å². The summed E-state index contributed by atoms with van der Waals surface area (Å²) in [4.78, 5) is 12.6. The zero-order chi connectivity index (χ0) is 16.0. The fraction of sp³-hybridized carbons (Fsp3) is 0.176. The van der Waals surface area contributed by atoms with Gasteiger partial charge in [-0.3, -0.25) is 0 Å². The van der Waals surface area contributed by atoms with E-state index in [2.05, 4.69) is 20.3 Å².